The third-order valence-corrected chi connectivity index (χ3v) is 3.98. The first-order valence-corrected chi connectivity index (χ1v) is 8.79. The molecule has 0 bridgehead atoms. The molecule has 0 saturated heterocycles. The van der Waals surface area contributed by atoms with Crippen LogP contribution in [0.2, 0.25) is 0 Å². The number of rotatable bonds is 8. The lowest BCUT2D eigenvalue weighted by atomic mass is 10.1. The molecule has 0 atom stereocenters. The third-order valence-electron chi connectivity index (χ3n) is 3.98. The lowest BCUT2D eigenvalue weighted by Gasteiger charge is -2.12. The molecule has 0 radical (unpaired) electrons. The van der Waals surface area contributed by atoms with E-state index < -0.39 is 18.5 Å². The fraction of sp³-hybridized carbons (Fsp3) is 0.474. The van der Waals surface area contributed by atoms with E-state index in [1.165, 1.54) is 23.1 Å². The second kappa shape index (κ2) is 8.60. The minimum atomic E-state index is -0.709. The largest absolute Gasteiger partial charge is 0.452 e. The van der Waals surface area contributed by atoms with Crippen LogP contribution < -0.4 is 5.32 Å². The molecule has 2 rings (SSSR count). The Bertz CT molecular complexity index is 727. The van der Waals surface area contributed by atoms with Crippen molar-refractivity contribution in [2.24, 2.45) is 5.92 Å². The highest BCUT2D eigenvalue weighted by Crippen LogP contribution is 2.24. The van der Waals surface area contributed by atoms with Gasteiger partial charge in [-0.05, 0) is 30.5 Å². The van der Waals surface area contributed by atoms with Crippen LogP contribution in [0.4, 0.5) is 0 Å². The molecule has 0 spiro atoms. The normalized spacial score (nSPS) is 13.2. The summed E-state index contributed by atoms with van der Waals surface area (Å²) in [4.78, 5) is 49.6. The van der Waals surface area contributed by atoms with Gasteiger partial charge in [-0.1, -0.05) is 27.2 Å². The molecule has 26 heavy (non-hydrogen) atoms. The molecule has 0 fully saturated rings. The van der Waals surface area contributed by atoms with Crippen LogP contribution in [-0.4, -0.2) is 48.3 Å². The Morgan fingerprint density at radius 3 is 2.50 bits per heavy atom. The summed E-state index contributed by atoms with van der Waals surface area (Å²) in [6.07, 6.45) is 1.59. The molecule has 7 nitrogen and oxygen atoms in total. The number of amides is 3. The molecule has 7 heteroatoms. The zero-order valence-corrected chi connectivity index (χ0v) is 15.3. The van der Waals surface area contributed by atoms with Gasteiger partial charge in [-0.3, -0.25) is 19.3 Å². The summed E-state index contributed by atoms with van der Waals surface area (Å²) in [5, 5.41) is 2.65. The van der Waals surface area contributed by atoms with Gasteiger partial charge >= 0.3 is 5.97 Å². The van der Waals surface area contributed by atoms with Gasteiger partial charge in [-0.2, -0.15) is 0 Å². The predicted octanol–water partition coefficient (Wildman–Crippen LogP) is 2.01. The van der Waals surface area contributed by atoms with Crippen molar-refractivity contribution in [3.8, 4) is 0 Å². The van der Waals surface area contributed by atoms with Gasteiger partial charge in [0.2, 0.25) is 0 Å². The van der Waals surface area contributed by atoms with Gasteiger partial charge in [0.25, 0.3) is 17.7 Å². The van der Waals surface area contributed by atoms with Crippen LogP contribution in [0.5, 0.6) is 0 Å². The van der Waals surface area contributed by atoms with Gasteiger partial charge in [0.05, 0.1) is 16.7 Å². The predicted molar refractivity (Wildman–Crippen MR) is 94.8 cm³/mol. The molecular formula is C19H24N2O5. The zero-order chi connectivity index (χ0) is 19.3. The number of unbranched alkanes of at least 4 members (excludes halogenated alkanes) is 1. The van der Waals surface area contributed by atoms with Crippen molar-refractivity contribution in [2.45, 2.75) is 33.6 Å². The number of nitrogens with zero attached hydrogens (tertiary/aromatic N) is 1. The van der Waals surface area contributed by atoms with Crippen molar-refractivity contribution in [2.75, 3.05) is 19.7 Å². The summed E-state index contributed by atoms with van der Waals surface area (Å²) in [6, 6.07) is 4.24. The molecule has 0 aromatic heterocycles. The Morgan fingerprint density at radius 1 is 1.15 bits per heavy atom. The Balaban J connectivity index is 2.02. The van der Waals surface area contributed by atoms with Crippen LogP contribution in [0.25, 0.3) is 0 Å². The van der Waals surface area contributed by atoms with Crippen LogP contribution >= 0.6 is 0 Å². The van der Waals surface area contributed by atoms with Gasteiger partial charge in [0.1, 0.15) is 0 Å². The number of esters is 1. The number of imide groups is 1. The Hall–Kier alpha value is -2.70. The Labute approximate surface area is 152 Å². The number of carbonyl (C=O) groups excluding carboxylic acids is 4. The van der Waals surface area contributed by atoms with E-state index in [1.807, 2.05) is 20.8 Å². The summed E-state index contributed by atoms with van der Waals surface area (Å²) in [7, 11) is 0. The molecule has 1 aliphatic rings. The number of benzene rings is 1. The van der Waals surface area contributed by atoms with E-state index in [2.05, 4.69) is 5.32 Å². The minimum Gasteiger partial charge on any atom is -0.452 e. The van der Waals surface area contributed by atoms with Crippen molar-refractivity contribution >= 4 is 23.7 Å². The van der Waals surface area contributed by atoms with E-state index in [9.17, 15) is 19.2 Å². The summed E-state index contributed by atoms with van der Waals surface area (Å²) in [6.45, 7) is 6.36. The van der Waals surface area contributed by atoms with E-state index in [-0.39, 0.29) is 28.5 Å². The summed E-state index contributed by atoms with van der Waals surface area (Å²) >= 11 is 0. The number of ether oxygens (including phenoxy) is 1. The van der Waals surface area contributed by atoms with Crippen molar-refractivity contribution in [3.63, 3.8) is 0 Å². The van der Waals surface area contributed by atoms with E-state index in [4.69, 9.17) is 4.74 Å². The second-order valence-electron chi connectivity index (χ2n) is 6.65. The van der Waals surface area contributed by atoms with Crippen molar-refractivity contribution < 1.29 is 23.9 Å². The first-order valence-electron chi connectivity index (χ1n) is 8.79. The number of fused-ring (bicyclic) bond motifs is 1. The standard InChI is InChI=1S/C19H24N2O5/c1-4-5-8-21-17(23)14-7-6-13(9-15(14)18(21)24)19(25)26-11-16(22)20-10-12(2)3/h6-7,9,12H,4-5,8,10-11H2,1-3H3,(H,20,22). The van der Waals surface area contributed by atoms with E-state index in [1.54, 1.807) is 0 Å². The van der Waals surface area contributed by atoms with Gasteiger partial charge in [0.15, 0.2) is 6.61 Å². The van der Waals surface area contributed by atoms with E-state index >= 15 is 0 Å². The minimum absolute atomic E-state index is 0.138. The highest BCUT2D eigenvalue weighted by Gasteiger charge is 2.35. The first-order chi connectivity index (χ1) is 12.3. The van der Waals surface area contributed by atoms with Gasteiger partial charge in [-0.25, -0.2) is 4.79 Å². The number of hydrogen-bond donors (Lipinski definition) is 1. The molecule has 3 amide bonds. The zero-order valence-electron chi connectivity index (χ0n) is 15.3. The molecule has 140 valence electrons. The number of hydrogen-bond acceptors (Lipinski definition) is 5. The summed E-state index contributed by atoms with van der Waals surface area (Å²) in [5.74, 6) is -1.54. The molecule has 1 aromatic carbocycles. The molecule has 0 saturated carbocycles. The molecule has 0 aliphatic carbocycles. The van der Waals surface area contributed by atoms with E-state index in [0.29, 0.717) is 19.0 Å². The lowest BCUT2D eigenvalue weighted by molar-refractivity contribution is -0.124. The summed E-state index contributed by atoms with van der Waals surface area (Å²) < 4.78 is 4.97. The Kier molecular flexibility index (Phi) is 6.49. The SMILES string of the molecule is CCCCN1C(=O)c2ccc(C(=O)OCC(=O)NCC(C)C)cc2C1=O. The van der Waals surface area contributed by atoms with E-state index in [0.717, 1.165) is 12.8 Å². The quantitative estimate of drug-likeness (QED) is 0.565. The fourth-order valence-electron chi connectivity index (χ4n) is 2.52. The lowest BCUT2D eigenvalue weighted by Crippen LogP contribution is -2.31. The molecule has 1 heterocycles. The Morgan fingerprint density at radius 2 is 1.85 bits per heavy atom. The van der Waals surface area contributed by atoms with Gasteiger partial charge < -0.3 is 10.1 Å². The third kappa shape index (κ3) is 4.47. The molecular weight excluding hydrogens is 336 g/mol. The number of carbonyl (C=O) groups is 4. The fourth-order valence-corrected chi connectivity index (χ4v) is 2.52. The van der Waals surface area contributed by atoms with Crippen molar-refractivity contribution in [1.82, 2.24) is 10.2 Å². The highest BCUT2D eigenvalue weighted by molar-refractivity contribution is 6.21. The molecule has 1 aliphatic heterocycles. The average Bonchev–Trinajstić information content (AvgIpc) is 2.86. The van der Waals surface area contributed by atoms with Gasteiger partial charge in [-0.15, -0.1) is 0 Å². The maximum Gasteiger partial charge on any atom is 0.338 e. The van der Waals surface area contributed by atoms with Crippen LogP contribution in [0.15, 0.2) is 18.2 Å². The average molecular weight is 360 g/mol. The van der Waals surface area contributed by atoms with Gasteiger partial charge in [0, 0.05) is 13.1 Å². The smallest absolute Gasteiger partial charge is 0.338 e. The number of nitrogens with one attached hydrogen (secondary N) is 1. The second-order valence-corrected chi connectivity index (χ2v) is 6.65. The highest BCUT2D eigenvalue weighted by atomic mass is 16.5. The maximum atomic E-state index is 12.4. The molecule has 0 unspecified atom stereocenters. The summed E-state index contributed by atoms with van der Waals surface area (Å²) in [5.41, 5.74) is 0.626. The van der Waals surface area contributed by atoms with Crippen molar-refractivity contribution in [1.29, 1.82) is 0 Å². The first kappa shape index (κ1) is 19.6. The topological polar surface area (TPSA) is 92.8 Å². The monoisotopic (exact) mass is 360 g/mol. The van der Waals surface area contributed by atoms with Crippen LogP contribution in [0.3, 0.4) is 0 Å². The van der Waals surface area contributed by atoms with Crippen LogP contribution in [0, 0.1) is 5.92 Å². The molecule has 1 N–H and O–H groups in total. The van der Waals surface area contributed by atoms with Crippen LogP contribution in [0.1, 0.15) is 64.7 Å². The van der Waals surface area contributed by atoms with Crippen LogP contribution in [-0.2, 0) is 9.53 Å². The maximum absolute atomic E-state index is 12.4. The van der Waals surface area contributed by atoms with Crippen molar-refractivity contribution in [3.05, 3.63) is 34.9 Å². The molecule has 1 aromatic rings.